The van der Waals surface area contributed by atoms with Crippen LogP contribution in [0.25, 0.3) is 21.5 Å². The first-order valence-corrected chi connectivity index (χ1v) is 9.47. The van der Waals surface area contributed by atoms with E-state index in [1.807, 2.05) is 0 Å². The number of fused-ring (bicyclic) bond motifs is 2. The van der Waals surface area contributed by atoms with Crippen molar-refractivity contribution in [2.45, 2.75) is 51.9 Å². The number of methoxy groups -OCH3 is 1. The third-order valence-corrected chi connectivity index (χ3v) is 5.46. The summed E-state index contributed by atoms with van der Waals surface area (Å²) < 4.78 is 4.75. The SMILES string of the molecule is CCc1ccc2cc3cc(C(C)(C)CCCC(=O)OC)ccc3cc2c1. The Morgan fingerprint density at radius 3 is 2.23 bits per heavy atom. The van der Waals surface area contributed by atoms with Gasteiger partial charge in [-0.15, -0.1) is 0 Å². The standard InChI is InChI=1S/C24H28O2/c1-5-17-8-9-18-15-21-16-22(11-10-19(21)14-20(18)13-17)24(2,3)12-6-7-23(25)26-4/h8-11,13-16H,5-7,12H2,1-4H3. The maximum absolute atomic E-state index is 11.4. The maximum Gasteiger partial charge on any atom is 0.305 e. The highest BCUT2D eigenvalue weighted by Gasteiger charge is 2.21. The summed E-state index contributed by atoms with van der Waals surface area (Å²) in [5, 5.41) is 5.15. The predicted molar refractivity (Wildman–Crippen MR) is 110 cm³/mol. The van der Waals surface area contributed by atoms with Crippen LogP contribution < -0.4 is 0 Å². The Hall–Kier alpha value is -2.35. The summed E-state index contributed by atoms with van der Waals surface area (Å²) in [6, 6.07) is 18.1. The van der Waals surface area contributed by atoms with E-state index in [-0.39, 0.29) is 11.4 Å². The molecule has 0 spiro atoms. The first kappa shape index (κ1) is 18.4. The third-order valence-electron chi connectivity index (χ3n) is 5.46. The van der Waals surface area contributed by atoms with E-state index >= 15 is 0 Å². The summed E-state index contributed by atoms with van der Waals surface area (Å²) in [6.45, 7) is 6.69. The normalized spacial score (nSPS) is 11.8. The number of carbonyl (C=O) groups is 1. The lowest BCUT2D eigenvalue weighted by Crippen LogP contribution is -2.17. The fourth-order valence-electron chi connectivity index (χ4n) is 3.61. The molecule has 2 nitrogen and oxygen atoms in total. The van der Waals surface area contributed by atoms with Crippen LogP contribution in [0.4, 0.5) is 0 Å². The molecule has 3 rings (SSSR count). The van der Waals surface area contributed by atoms with Crippen molar-refractivity contribution < 1.29 is 9.53 Å². The van der Waals surface area contributed by atoms with E-state index in [1.165, 1.54) is 39.8 Å². The Balaban J connectivity index is 1.90. The number of ether oxygens (including phenoxy) is 1. The van der Waals surface area contributed by atoms with Gasteiger partial charge >= 0.3 is 5.97 Å². The molecule has 0 bridgehead atoms. The highest BCUT2D eigenvalue weighted by Crippen LogP contribution is 2.33. The molecule has 136 valence electrons. The van der Waals surface area contributed by atoms with Crippen molar-refractivity contribution in [3.63, 3.8) is 0 Å². The van der Waals surface area contributed by atoms with Crippen LogP contribution in [0.3, 0.4) is 0 Å². The molecule has 0 radical (unpaired) electrons. The molecule has 2 heteroatoms. The molecule has 0 heterocycles. The Kier molecular flexibility index (Phi) is 5.31. The van der Waals surface area contributed by atoms with Crippen LogP contribution in [0.1, 0.15) is 51.2 Å². The van der Waals surface area contributed by atoms with Crippen LogP contribution in [-0.4, -0.2) is 13.1 Å². The van der Waals surface area contributed by atoms with Gasteiger partial charge in [0.25, 0.3) is 0 Å². The number of aryl methyl sites for hydroxylation is 1. The Bertz CT molecular complexity index is 937. The lowest BCUT2D eigenvalue weighted by molar-refractivity contribution is -0.140. The molecule has 0 saturated heterocycles. The van der Waals surface area contributed by atoms with Crippen molar-refractivity contribution in [3.8, 4) is 0 Å². The number of benzene rings is 3. The van der Waals surface area contributed by atoms with Gasteiger partial charge in [0.15, 0.2) is 0 Å². The zero-order valence-corrected chi connectivity index (χ0v) is 16.3. The van der Waals surface area contributed by atoms with Crippen molar-refractivity contribution in [2.24, 2.45) is 0 Å². The van der Waals surface area contributed by atoms with Crippen LogP contribution >= 0.6 is 0 Å². The molecule has 3 aromatic rings. The average molecular weight is 348 g/mol. The quantitative estimate of drug-likeness (QED) is 0.393. The van der Waals surface area contributed by atoms with Gasteiger partial charge in [-0.2, -0.15) is 0 Å². The van der Waals surface area contributed by atoms with Crippen molar-refractivity contribution >= 4 is 27.5 Å². The minimum absolute atomic E-state index is 0.0310. The van der Waals surface area contributed by atoms with Gasteiger partial charge in [-0.05, 0) is 69.5 Å². The van der Waals surface area contributed by atoms with Crippen LogP contribution in [0, 0.1) is 0 Å². The summed E-state index contributed by atoms with van der Waals surface area (Å²) in [4.78, 5) is 11.4. The van der Waals surface area contributed by atoms with Gasteiger partial charge in [0.05, 0.1) is 7.11 Å². The maximum atomic E-state index is 11.4. The Labute approximate surface area is 156 Å². The molecule has 0 fully saturated rings. The molecule has 0 amide bonds. The highest BCUT2D eigenvalue weighted by molar-refractivity contribution is 5.98. The summed E-state index contributed by atoms with van der Waals surface area (Å²) in [7, 11) is 1.45. The minimum Gasteiger partial charge on any atom is -0.469 e. The van der Waals surface area contributed by atoms with Gasteiger partial charge in [0.2, 0.25) is 0 Å². The summed E-state index contributed by atoms with van der Waals surface area (Å²) in [6.07, 6.45) is 3.35. The fraction of sp³-hybridized carbons (Fsp3) is 0.375. The largest absolute Gasteiger partial charge is 0.469 e. The molecule has 3 aromatic carbocycles. The van der Waals surface area contributed by atoms with Gasteiger partial charge in [-0.1, -0.05) is 57.2 Å². The van der Waals surface area contributed by atoms with Crippen molar-refractivity contribution in [3.05, 3.63) is 59.7 Å². The number of hydrogen-bond acceptors (Lipinski definition) is 2. The van der Waals surface area contributed by atoms with E-state index < -0.39 is 0 Å². The monoisotopic (exact) mass is 348 g/mol. The van der Waals surface area contributed by atoms with Gasteiger partial charge in [0, 0.05) is 6.42 Å². The number of rotatable bonds is 6. The first-order chi connectivity index (χ1) is 12.4. The number of carbonyl (C=O) groups excluding carboxylic acids is 1. The highest BCUT2D eigenvalue weighted by atomic mass is 16.5. The van der Waals surface area contributed by atoms with Crippen molar-refractivity contribution in [1.29, 1.82) is 0 Å². The molecule has 0 aliphatic rings. The second-order valence-electron chi connectivity index (χ2n) is 7.76. The Morgan fingerprint density at radius 1 is 0.923 bits per heavy atom. The van der Waals surface area contributed by atoms with E-state index in [2.05, 4.69) is 69.3 Å². The summed E-state index contributed by atoms with van der Waals surface area (Å²) in [5.41, 5.74) is 2.73. The van der Waals surface area contributed by atoms with E-state index in [0.717, 1.165) is 19.3 Å². The van der Waals surface area contributed by atoms with Gasteiger partial charge in [-0.25, -0.2) is 0 Å². The number of esters is 1. The third kappa shape index (κ3) is 3.90. The Morgan fingerprint density at radius 2 is 1.58 bits per heavy atom. The zero-order valence-electron chi connectivity index (χ0n) is 16.3. The number of hydrogen-bond donors (Lipinski definition) is 0. The van der Waals surface area contributed by atoms with Gasteiger partial charge in [0.1, 0.15) is 0 Å². The molecule has 0 unspecified atom stereocenters. The van der Waals surface area contributed by atoms with Crippen molar-refractivity contribution in [1.82, 2.24) is 0 Å². The van der Waals surface area contributed by atoms with Crippen LogP contribution in [0.15, 0.2) is 48.5 Å². The molecule has 0 atom stereocenters. The van der Waals surface area contributed by atoms with E-state index in [0.29, 0.717) is 6.42 Å². The van der Waals surface area contributed by atoms with Crippen LogP contribution in [-0.2, 0) is 21.4 Å². The lowest BCUT2D eigenvalue weighted by Gasteiger charge is -2.25. The second kappa shape index (κ2) is 7.49. The van der Waals surface area contributed by atoms with Crippen LogP contribution in [0.2, 0.25) is 0 Å². The molecule has 0 aromatic heterocycles. The average Bonchev–Trinajstić information content (AvgIpc) is 2.65. The summed E-state index contributed by atoms with van der Waals surface area (Å²) >= 11 is 0. The van der Waals surface area contributed by atoms with Gasteiger partial charge < -0.3 is 4.74 Å². The molecule has 26 heavy (non-hydrogen) atoms. The van der Waals surface area contributed by atoms with E-state index in [1.54, 1.807) is 0 Å². The molecule has 0 aliphatic heterocycles. The molecular formula is C24H28O2. The first-order valence-electron chi connectivity index (χ1n) is 9.47. The summed E-state index contributed by atoms with van der Waals surface area (Å²) in [5.74, 6) is -0.128. The zero-order chi connectivity index (χ0) is 18.7. The molecule has 0 saturated carbocycles. The second-order valence-corrected chi connectivity index (χ2v) is 7.76. The topological polar surface area (TPSA) is 26.3 Å². The van der Waals surface area contributed by atoms with Gasteiger partial charge in [-0.3, -0.25) is 4.79 Å². The van der Waals surface area contributed by atoms with E-state index in [9.17, 15) is 4.79 Å². The minimum atomic E-state index is -0.128. The van der Waals surface area contributed by atoms with Crippen molar-refractivity contribution in [2.75, 3.05) is 7.11 Å². The fourth-order valence-corrected chi connectivity index (χ4v) is 3.61. The van der Waals surface area contributed by atoms with Crippen LogP contribution in [0.5, 0.6) is 0 Å². The molecule has 0 aliphatic carbocycles. The lowest BCUT2D eigenvalue weighted by atomic mass is 9.79. The molecular weight excluding hydrogens is 320 g/mol. The van der Waals surface area contributed by atoms with E-state index in [4.69, 9.17) is 4.74 Å². The smallest absolute Gasteiger partial charge is 0.305 e. The molecule has 0 N–H and O–H groups in total. The predicted octanol–water partition coefficient (Wildman–Crippen LogP) is 6.18.